The zero-order valence-corrected chi connectivity index (χ0v) is 13.9. The topological polar surface area (TPSA) is 62.5 Å². The number of benzene rings is 1. The number of hydrogen-bond donors (Lipinski definition) is 1. The number of Topliss-reactive ketones (excluding diaryl/α,β-unsaturated/α-hetero) is 1. The molecule has 1 aromatic heterocycles. The fourth-order valence-corrected chi connectivity index (χ4v) is 3.01. The predicted molar refractivity (Wildman–Crippen MR) is 87.3 cm³/mol. The van der Waals surface area contributed by atoms with Gasteiger partial charge in [-0.05, 0) is 24.6 Å². The molecular weight excluding hydrogens is 339 g/mol. The summed E-state index contributed by atoms with van der Waals surface area (Å²) in [5.74, 6) is -0.832. The molecule has 0 bridgehead atoms. The van der Waals surface area contributed by atoms with Gasteiger partial charge in [-0.2, -0.15) is 0 Å². The molecule has 1 aliphatic heterocycles. The Balaban J connectivity index is 1.88. The van der Waals surface area contributed by atoms with Gasteiger partial charge in [0.2, 0.25) is 0 Å². The van der Waals surface area contributed by atoms with Crippen molar-refractivity contribution < 1.29 is 14.7 Å². The number of hydrogen-bond acceptors (Lipinski definition) is 3. The van der Waals surface area contributed by atoms with Crippen molar-refractivity contribution in [1.29, 1.82) is 0 Å². The third-order valence-electron chi connectivity index (χ3n) is 3.89. The third-order valence-corrected chi connectivity index (χ3v) is 4.63. The second-order valence-electron chi connectivity index (χ2n) is 5.46. The number of halogens is 2. The number of fused-ring (bicyclic) bond motifs is 1. The van der Waals surface area contributed by atoms with Crippen molar-refractivity contribution in [3.8, 4) is 5.75 Å². The van der Waals surface area contributed by atoms with Crippen molar-refractivity contribution in [2.24, 2.45) is 0 Å². The molecule has 2 heterocycles. The molecule has 7 heteroatoms. The van der Waals surface area contributed by atoms with Crippen LogP contribution in [-0.4, -0.2) is 32.8 Å². The van der Waals surface area contributed by atoms with E-state index in [1.165, 1.54) is 13.1 Å². The number of aromatic nitrogens is 1. The largest absolute Gasteiger partial charge is 0.505 e. The van der Waals surface area contributed by atoms with E-state index in [4.69, 9.17) is 23.2 Å². The van der Waals surface area contributed by atoms with Gasteiger partial charge >= 0.3 is 0 Å². The van der Waals surface area contributed by atoms with Crippen LogP contribution in [0.15, 0.2) is 24.4 Å². The summed E-state index contributed by atoms with van der Waals surface area (Å²) in [7, 11) is 0. The molecule has 1 aromatic carbocycles. The maximum Gasteiger partial charge on any atom is 0.274 e. The first-order valence-corrected chi connectivity index (χ1v) is 7.80. The van der Waals surface area contributed by atoms with E-state index in [1.54, 1.807) is 27.7 Å². The molecule has 0 fully saturated rings. The minimum atomic E-state index is -0.313. The normalized spacial score (nSPS) is 14.0. The van der Waals surface area contributed by atoms with Gasteiger partial charge < -0.3 is 14.6 Å². The lowest BCUT2D eigenvalue weighted by atomic mass is 10.1. The fraction of sp³-hybridized carbons (Fsp3) is 0.250. The smallest absolute Gasteiger partial charge is 0.274 e. The van der Waals surface area contributed by atoms with E-state index >= 15 is 0 Å². The standard InChI is InChI=1S/C16H14Cl2N2O3/c1-9(21)11-8-19-4-5-20(16(23)14(19)15(11)22)7-10-2-3-12(17)13(18)6-10/h2-3,6,8,22H,4-5,7H2,1H3. The quantitative estimate of drug-likeness (QED) is 0.861. The van der Waals surface area contributed by atoms with Crippen LogP contribution in [0.1, 0.15) is 33.3 Å². The average molecular weight is 353 g/mol. The zero-order valence-electron chi connectivity index (χ0n) is 12.3. The van der Waals surface area contributed by atoms with Gasteiger partial charge in [0.25, 0.3) is 5.91 Å². The Bertz CT molecular complexity index is 814. The summed E-state index contributed by atoms with van der Waals surface area (Å²) < 4.78 is 1.62. The predicted octanol–water partition coefficient (Wildman–Crippen LogP) is 3.36. The third kappa shape index (κ3) is 2.82. The lowest BCUT2D eigenvalue weighted by Gasteiger charge is -2.28. The van der Waals surface area contributed by atoms with Crippen LogP contribution < -0.4 is 0 Å². The molecule has 0 atom stereocenters. The summed E-state index contributed by atoms with van der Waals surface area (Å²) in [5, 5.41) is 11.0. The van der Waals surface area contributed by atoms with Crippen LogP contribution in [0, 0.1) is 0 Å². The summed E-state index contributed by atoms with van der Waals surface area (Å²) >= 11 is 11.9. The van der Waals surface area contributed by atoms with Crippen molar-refractivity contribution in [3.05, 3.63) is 51.3 Å². The first-order valence-electron chi connectivity index (χ1n) is 7.04. The SMILES string of the molecule is CC(=O)c1cn2c(c1O)C(=O)N(Cc1ccc(Cl)c(Cl)c1)CC2. The molecular formula is C16H14Cl2N2O3. The highest BCUT2D eigenvalue weighted by Gasteiger charge is 2.31. The second kappa shape index (κ2) is 5.91. The summed E-state index contributed by atoms with van der Waals surface area (Å²) in [6, 6.07) is 5.20. The van der Waals surface area contributed by atoms with Crippen molar-refractivity contribution in [2.45, 2.75) is 20.0 Å². The highest BCUT2D eigenvalue weighted by atomic mass is 35.5. The Morgan fingerprint density at radius 1 is 1.26 bits per heavy atom. The molecule has 1 amide bonds. The van der Waals surface area contributed by atoms with Crippen LogP contribution >= 0.6 is 23.2 Å². The molecule has 0 saturated carbocycles. The van der Waals surface area contributed by atoms with Gasteiger partial charge in [0.05, 0.1) is 15.6 Å². The van der Waals surface area contributed by atoms with E-state index < -0.39 is 0 Å². The van der Waals surface area contributed by atoms with Crippen LogP contribution in [0.2, 0.25) is 10.0 Å². The molecule has 1 N–H and O–H groups in total. The molecule has 0 aliphatic carbocycles. The second-order valence-corrected chi connectivity index (χ2v) is 6.28. The van der Waals surface area contributed by atoms with Crippen LogP contribution in [0.3, 0.4) is 0 Å². The van der Waals surface area contributed by atoms with Crippen LogP contribution in [0.25, 0.3) is 0 Å². The van der Waals surface area contributed by atoms with E-state index in [1.807, 2.05) is 0 Å². The Hall–Kier alpha value is -1.98. The Morgan fingerprint density at radius 3 is 2.65 bits per heavy atom. The Morgan fingerprint density at radius 2 is 2.00 bits per heavy atom. The van der Waals surface area contributed by atoms with Crippen LogP contribution in [-0.2, 0) is 13.1 Å². The van der Waals surface area contributed by atoms with Gasteiger partial charge in [0.15, 0.2) is 11.5 Å². The summed E-state index contributed by atoms with van der Waals surface area (Å²) in [4.78, 5) is 25.7. The van der Waals surface area contributed by atoms with Gasteiger partial charge in [-0.1, -0.05) is 29.3 Å². The summed E-state index contributed by atoms with van der Waals surface area (Å²) in [6.45, 7) is 2.72. The number of carbonyl (C=O) groups is 2. The Labute approximate surface area is 143 Å². The monoisotopic (exact) mass is 352 g/mol. The minimum absolute atomic E-state index is 0.154. The number of rotatable bonds is 3. The molecule has 0 unspecified atom stereocenters. The van der Waals surface area contributed by atoms with Gasteiger partial charge in [-0.15, -0.1) is 0 Å². The van der Waals surface area contributed by atoms with Crippen LogP contribution in [0.4, 0.5) is 0 Å². The first-order chi connectivity index (χ1) is 10.9. The summed E-state index contributed by atoms with van der Waals surface area (Å²) in [5.41, 5.74) is 1.17. The van der Waals surface area contributed by atoms with Crippen molar-refractivity contribution in [2.75, 3.05) is 6.54 Å². The zero-order chi connectivity index (χ0) is 16.7. The molecule has 5 nitrogen and oxygen atoms in total. The molecule has 3 rings (SSSR count). The molecule has 0 radical (unpaired) electrons. The molecule has 0 saturated heterocycles. The number of amides is 1. The van der Waals surface area contributed by atoms with Crippen molar-refractivity contribution in [1.82, 2.24) is 9.47 Å². The highest BCUT2D eigenvalue weighted by molar-refractivity contribution is 6.42. The van der Waals surface area contributed by atoms with E-state index in [-0.39, 0.29) is 28.7 Å². The number of nitrogens with zero attached hydrogens (tertiary/aromatic N) is 2. The van der Waals surface area contributed by atoms with Gasteiger partial charge in [-0.3, -0.25) is 9.59 Å². The Kier molecular flexibility index (Phi) is 4.08. The maximum atomic E-state index is 12.6. The van der Waals surface area contributed by atoms with Crippen molar-refractivity contribution >= 4 is 34.9 Å². The van der Waals surface area contributed by atoms with E-state index in [0.29, 0.717) is 29.7 Å². The van der Waals surface area contributed by atoms with E-state index in [0.717, 1.165) is 5.56 Å². The molecule has 120 valence electrons. The highest BCUT2D eigenvalue weighted by Crippen LogP contribution is 2.30. The first kappa shape index (κ1) is 15.9. The maximum absolute atomic E-state index is 12.6. The number of aromatic hydroxyl groups is 1. The molecule has 0 spiro atoms. The van der Waals surface area contributed by atoms with Gasteiger partial charge in [-0.25, -0.2) is 0 Å². The minimum Gasteiger partial charge on any atom is -0.505 e. The molecule has 1 aliphatic rings. The van der Waals surface area contributed by atoms with E-state index in [2.05, 4.69) is 0 Å². The summed E-state index contributed by atoms with van der Waals surface area (Å²) in [6.07, 6.45) is 1.53. The lowest BCUT2D eigenvalue weighted by Crippen LogP contribution is -2.39. The molecule has 2 aromatic rings. The van der Waals surface area contributed by atoms with Gasteiger partial charge in [0.1, 0.15) is 5.69 Å². The number of ketones is 1. The number of carbonyl (C=O) groups excluding carboxylic acids is 2. The molecule has 23 heavy (non-hydrogen) atoms. The van der Waals surface area contributed by atoms with Crippen LogP contribution in [0.5, 0.6) is 5.75 Å². The fourth-order valence-electron chi connectivity index (χ4n) is 2.69. The lowest BCUT2D eigenvalue weighted by molar-refractivity contribution is 0.0687. The van der Waals surface area contributed by atoms with E-state index in [9.17, 15) is 14.7 Å². The van der Waals surface area contributed by atoms with Crippen molar-refractivity contribution in [3.63, 3.8) is 0 Å². The average Bonchev–Trinajstić information content (AvgIpc) is 2.84. The van der Waals surface area contributed by atoms with Gasteiger partial charge in [0, 0.05) is 25.8 Å².